The maximum Gasteiger partial charge on any atom is 0.410 e. The standard InChI is InChI=1S/C20H14BrCl2F3N4O/c21-11-6-4-10(5-7-11)14-8-16(20(24,25)26)30-17(27-14)9-15(29-30)19(31)28-13-3-1-2-12(22)18(13)23/h1-7,9,14,16,27H,8H2,(H,28,31)/t14-,16+/m0/s1. The molecule has 1 amide bonds. The molecule has 31 heavy (non-hydrogen) atoms. The molecule has 1 aliphatic rings. The topological polar surface area (TPSA) is 59.0 Å². The fourth-order valence-electron chi connectivity index (χ4n) is 3.38. The first-order valence-electron chi connectivity index (χ1n) is 9.07. The quantitative estimate of drug-likeness (QED) is 0.386. The van der Waals surface area contributed by atoms with Gasteiger partial charge in [-0.25, -0.2) is 4.68 Å². The number of halogens is 6. The van der Waals surface area contributed by atoms with Gasteiger partial charge in [0.1, 0.15) is 5.82 Å². The molecule has 1 aliphatic heterocycles. The lowest BCUT2D eigenvalue weighted by atomic mass is 9.97. The van der Waals surface area contributed by atoms with Crippen LogP contribution in [0.5, 0.6) is 0 Å². The molecule has 0 unspecified atom stereocenters. The molecular formula is C20H14BrCl2F3N4O. The Balaban J connectivity index is 1.65. The van der Waals surface area contributed by atoms with Crippen LogP contribution >= 0.6 is 39.1 Å². The Morgan fingerprint density at radius 2 is 1.90 bits per heavy atom. The summed E-state index contributed by atoms with van der Waals surface area (Å²) in [6.07, 6.45) is -4.80. The molecule has 11 heteroatoms. The lowest BCUT2D eigenvalue weighted by Crippen LogP contribution is -2.35. The monoisotopic (exact) mass is 532 g/mol. The van der Waals surface area contributed by atoms with Crippen LogP contribution in [-0.2, 0) is 0 Å². The number of aromatic nitrogens is 2. The molecule has 2 heterocycles. The summed E-state index contributed by atoms with van der Waals surface area (Å²) in [5.41, 5.74) is 0.754. The number of anilines is 2. The van der Waals surface area contributed by atoms with Crippen molar-refractivity contribution in [1.82, 2.24) is 9.78 Å². The summed E-state index contributed by atoms with van der Waals surface area (Å²) in [5.74, 6) is -0.599. The molecule has 5 nitrogen and oxygen atoms in total. The lowest BCUT2D eigenvalue weighted by Gasteiger charge is -2.33. The van der Waals surface area contributed by atoms with Gasteiger partial charge in [-0.3, -0.25) is 4.79 Å². The highest BCUT2D eigenvalue weighted by Crippen LogP contribution is 2.43. The number of carbonyl (C=O) groups is 1. The second kappa shape index (κ2) is 8.37. The van der Waals surface area contributed by atoms with Crippen molar-refractivity contribution in [2.24, 2.45) is 0 Å². The van der Waals surface area contributed by atoms with E-state index in [2.05, 4.69) is 31.7 Å². The van der Waals surface area contributed by atoms with E-state index in [1.165, 1.54) is 12.1 Å². The second-order valence-electron chi connectivity index (χ2n) is 6.96. The molecule has 0 spiro atoms. The molecule has 0 bridgehead atoms. The van der Waals surface area contributed by atoms with Crippen LogP contribution in [0.25, 0.3) is 0 Å². The molecule has 162 valence electrons. The van der Waals surface area contributed by atoms with E-state index in [4.69, 9.17) is 23.2 Å². The Morgan fingerprint density at radius 3 is 2.58 bits per heavy atom. The van der Waals surface area contributed by atoms with E-state index in [9.17, 15) is 18.0 Å². The zero-order valence-electron chi connectivity index (χ0n) is 15.6. The van der Waals surface area contributed by atoms with Crippen LogP contribution < -0.4 is 10.6 Å². The van der Waals surface area contributed by atoms with Crippen molar-refractivity contribution in [1.29, 1.82) is 0 Å². The number of rotatable bonds is 3. The fraction of sp³-hybridized carbons (Fsp3) is 0.200. The van der Waals surface area contributed by atoms with E-state index < -0.39 is 24.2 Å². The number of nitrogens with one attached hydrogen (secondary N) is 2. The summed E-state index contributed by atoms with van der Waals surface area (Å²) in [7, 11) is 0. The van der Waals surface area contributed by atoms with Crippen LogP contribution in [0.3, 0.4) is 0 Å². The van der Waals surface area contributed by atoms with Gasteiger partial charge in [-0.15, -0.1) is 0 Å². The largest absolute Gasteiger partial charge is 0.410 e. The molecular weight excluding hydrogens is 520 g/mol. The molecule has 0 saturated heterocycles. The Kier molecular flexibility index (Phi) is 5.93. The van der Waals surface area contributed by atoms with Crippen molar-refractivity contribution in [3.05, 3.63) is 74.3 Å². The molecule has 2 aromatic carbocycles. The second-order valence-corrected chi connectivity index (χ2v) is 8.66. The summed E-state index contributed by atoms with van der Waals surface area (Å²) in [6, 6.07) is 10.5. The van der Waals surface area contributed by atoms with Crippen molar-refractivity contribution in [2.45, 2.75) is 24.7 Å². The Labute approximate surface area is 193 Å². The van der Waals surface area contributed by atoms with Gasteiger partial charge >= 0.3 is 6.18 Å². The molecule has 1 aromatic heterocycles. The van der Waals surface area contributed by atoms with Crippen LogP contribution in [-0.4, -0.2) is 21.9 Å². The zero-order valence-corrected chi connectivity index (χ0v) is 18.6. The number of amides is 1. The number of benzene rings is 2. The summed E-state index contributed by atoms with van der Waals surface area (Å²) in [5, 5.41) is 9.88. The van der Waals surface area contributed by atoms with Crippen molar-refractivity contribution < 1.29 is 18.0 Å². The van der Waals surface area contributed by atoms with Crippen molar-refractivity contribution in [3.8, 4) is 0 Å². The van der Waals surface area contributed by atoms with Gasteiger partial charge in [-0.2, -0.15) is 18.3 Å². The third-order valence-corrected chi connectivity index (χ3v) is 6.24. The number of alkyl halides is 3. The summed E-state index contributed by atoms with van der Waals surface area (Å²) < 4.78 is 43.0. The SMILES string of the molecule is O=C(Nc1cccc(Cl)c1Cl)c1cc2n(n1)[C@@H](C(F)(F)F)C[C@@H](c1ccc(Br)cc1)N2. The third-order valence-electron chi connectivity index (χ3n) is 4.89. The van der Waals surface area contributed by atoms with Gasteiger partial charge in [0.05, 0.1) is 21.8 Å². The van der Waals surface area contributed by atoms with Crippen molar-refractivity contribution >= 4 is 56.5 Å². The fourth-order valence-corrected chi connectivity index (χ4v) is 4.00. The van der Waals surface area contributed by atoms with Crippen LogP contribution in [0, 0.1) is 0 Å². The Morgan fingerprint density at radius 1 is 1.19 bits per heavy atom. The van der Waals surface area contributed by atoms with Gasteiger partial charge in [0.15, 0.2) is 11.7 Å². The molecule has 2 atom stereocenters. The number of carbonyl (C=O) groups excluding carboxylic acids is 1. The number of nitrogens with zero attached hydrogens (tertiary/aromatic N) is 2. The predicted molar refractivity (Wildman–Crippen MR) is 117 cm³/mol. The number of hydrogen-bond acceptors (Lipinski definition) is 3. The number of hydrogen-bond donors (Lipinski definition) is 2. The molecule has 0 saturated carbocycles. The Bertz CT molecular complexity index is 1130. The highest BCUT2D eigenvalue weighted by molar-refractivity contribution is 9.10. The summed E-state index contributed by atoms with van der Waals surface area (Å²) in [6.45, 7) is 0. The summed E-state index contributed by atoms with van der Waals surface area (Å²) in [4.78, 5) is 12.6. The molecule has 0 radical (unpaired) electrons. The third kappa shape index (κ3) is 4.53. The molecule has 2 N–H and O–H groups in total. The van der Waals surface area contributed by atoms with Crippen molar-refractivity contribution in [2.75, 3.05) is 10.6 Å². The Hall–Kier alpha value is -2.23. The highest BCUT2D eigenvalue weighted by Gasteiger charge is 2.46. The molecule has 0 aliphatic carbocycles. The average molecular weight is 534 g/mol. The van der Waals surface area contributed by atoms with Gasteiger partial charge in [0, 0.05) is 17.0 Å². The minimum Gasteiger partial charge on any atom is -0.363 e. The number of fused-ring (bicyclic) bond motifs is 1. The van der Waals surface area contributed by atoms with Gasteiger partial charge < -0.3 is 10.6 Å². The van der Waals surface area contributed by atoms with Gasteiger partial charge in [0.25, 0.3) is 5.91 Å². The first-order chi connectivity index (χ1) is 14.6. The van der Waals surface area contributed by atoms with Gasteiger partial charge in [-0.1, -0.05) is 57.3 Å². The van der Waals surface area contributed by atoms with Crippen LogP contribution in [0.2, 0.25) is 10.0 Å². The van der Waals surface area contributed by atoms with Crippen LogP contribution in [0.4, 0.5) is 24.7 Å². The highest BCUT2D eigenvalue weighted by atomic mass is 79.9. The molecule has 0 fully saturated rings. The van der Waals surface area contributed by atoms with Gasteiger partial charge in [0.2, 0.25) is 0 Å². The van der Waals surface area contributed by atoms with E-state index in [-0.39, 0.29) is 33.7 Å². The van der Waals surface area contributed by atoms with E-state index in [1.807, 2.05) is 0 Å². The maximum absolute atomic E-state index is 13.8. The maximum atomic E-state index is 13.8. The smallest absolute Gasteiger partial charge is 0.363 e. The molecule has 4 rings (SSSR count). The minimum atomic E-state index is -4.54. The van der Waals surface area contributed by atoms with Crippen LogP contribution in [0.15, 0.2) is 53.0 Å². The normalized spacial score (nSPS) is 18.3. The summed E-state index contributed by atoms with van der Waals surface area (Å²) >= 11 is 15.3. The van der Waals surface area contributed by atoms with Crippen LogP contribution in [0.1, 0.15) is 34.6 Å². The average Bonchev–Trinajstić information content (AvgIpc) is 3.14. The molecule has 3 aromatic rings. The van der Waals surface area contributed by atoms with E-state index in [1.54, 1.807) is 36.4 Å². The van der Waals surface area contributed by atoms with E-state index in [0.29, 0.717) is 5.56 Å². The minimum absolute atomic E-state index is 0.101. The zero-order chi connectivity index (χ0) is 22.3. The van der Waals surface area contributed by atoms with Gasteiger partial charge in [-0.05, 0) is 29.8 Å². The lowest BCUT2D eigenvalue weighted by molar-refractivity contribution is -0.173. The predicted octanol–water partition coefficient (Wildman–Crippen LogP) is 6.87. The van der Waals surface area contributed by atoms with E-state index in [0.717, 1.165) is 9.15 Å². The first kappa shape index (κ1) is 22.0. The van der Waals surface area contributed by atoms with E-state index >= 15 is 0 Å². The van der Waals surface area contributed by atoms with Crippen molar-refractivity contribution in [3.63, 3.8) is 0 Å². The first-order valence-corrected chi connectivity index (χ1v) is 10.6.